The Balaban J connectivity index is 2.10. The van der Waals surface area contributed by atoms with Gasteiger partial charge in [-0.25, -0.2) is 0 Å². The molecule has 0 aromatic heterocycles. The van der Waals surface area contributed by atoms with Crippen molar-refractivity contribution in [3.8, 4) is 0 Å². The minimum absolute atomic E-state index is 0.219. The lowest BCUT2D eigenvalue weighted by atomic mass is 9.95. The van der Waals surface area contributed by atoms with Gasteiger partial charge < -0.3 is 5.32 Å². The van der Waals surface area contributed by atoms with Gasteiger partial charge in [0.25, 0.3) is 0 Å². The van der Waals surface area contributed by atoms with E-state index < -0.39 is 0 Å². The Bertz CT molecular complexity index is 170. The molecule has 0 bridgehead atoms. The van der Waals surface area contributed by atoms with E-state index in [1.165, 1.54) is 0 Å². The van der Waals surface area contributed by atoms with E-state index in [9.17, 15) is 4.79 Å². The Morgan fingerprint density at radius 1 is 1.64 bits per heavy atom. The highest BCUT2D eigenvalue weighted by Gasteiger charge is 2.17. The predicted octanol–water partition coefficient (Wildman–Crippen LogP) is 1.13. The molecule has 2 nitrogen and oxygen atoms in total. The van der Waals surface area contributed by atoms with E-state index in [1.807, 2.05) is 0 Å². The number of carbonyl (C=O) groups excluding carboxylic acids is 1. The van der Waals surface area contributed by atoms with Gasteiger partial charge in [-0.1, -0.05) is 6.58 Å². The molecule has 0 amide bonds. The van der Waals surface area contributed by atoms with E-state index in [-0.39, 0.29) is 5.78 Å². The zero-order chi connectivity index (χ0) is 8.27. The summed E-state index contributed by atoms with van der Waals surface area (Å²) >= 11 is 0. The van der Waals surface area contributed by atoms with Crippen LogP contribution in [0.5, 0.6) is 0 Å². The highest BCUT2D eigenvalue weighted by molar-refractivity contribution is 5.94. The molecule has 1 rings (SSSR count). The minimum atomic E-state index is 0.219. The number of hydrogen-bond donors (Lipinski definition) is 1. The first-order valence-electron chi connectivity index (χ1n) is 4.09. The molecular formula is C9H15NO. The van der Waals surface area contributed by atoms with Crippen LogP contribution in [0.4, 0.5) is 0 Å². The molecule has 1 heterocycles. The molecule has 1 saturated heterocycles. The smallest absolute Gasteiger partial charge is 0.157 e. The van der Waals surface area contributed by atoms with E-state index in [1.54, 1.807) is 6.92 Å². The number of ketones is 1. The van der Waals surface area contributed by atoms with E-state index in [2.05, 4.69) is 11.9 Å². The standard InChI is InChI=1S/C9H15NO/c1-7(2)9(11)4-3-8-5-10-6-8/h8,10H,1,3-6H2,2H3. The molecule has 1 N–H and O–H groups in total. The van der Waals surface area contributed by atoms with Crippen LogP contribution in [0, 0.1) is 5.92 Å². The summed E-state index contributed by atoms with van der Waals surface area (Å²) in [5, 5.41) is 3.18. The molecule has 0 spiro atoms. The van der Waals surface area contributed by atoms with Gasteiger partial charge in [0.15, 0.2) is 5.78 Å². The predicted molar refractivity (Wildman–Crippen MR) is 45.4 cm³/mol. The van der Waals surface area contributed by atoms with Crippen LogP contribution in [-0.2, 0) is 4.79 Å². The third-order valence-corrected chi connectivity index (χ3v) is 2.12. The molecule has 1 aliphatic heterocycles. The summed E-state index contributed by atoms with van der Waals surface area (Å²) in [6.45, 7) is 7.56. The summed E-state index contributed by atoms with van der Waals surface area (Å²) < 4.78 is 0. The first kappa shape index (κ1) is 8.47. The number of carbonyl (C=O) groups is 1. The Morgan fingerprint density at radius 3 is 2.64 bits per heavy atom. The van der Waals surface area contributed by atoms with E-state index in [0.717, 1.165) is 25.4 Å². The topological polar surface area (TPSA) is 29.1 Å². The van der Waals surface area contributed by atoms with Gasteiger partial charge in [-0.3, -0.25) is 4.79 Å². The maximum atomic E-state index is 11.1. The van der Waals surface area contributed by atoms with Crippen molar-refractivity contribution < 1.29 is 4.79 Å². The Hall–Kier alpha value is -0.630. The summed E-state index contributed by atoms with van der Waals surface area (Å²) in [6, 6.07) is 0. The highest BCUT2D eigenvalue weighted by Crippen LogP contribution is 2.12. The lowest BCUT2D eigenvalue weighted by molar-refractivity contribution is -0.115. The summed E-state index contributed by atoms with van der Waals surface area (Å²) in [6.07, 6.45) is 1.71. The van der Waals surface area contributed by atoms with Crippen molar-refractivity contribution in [2.45, 2.75) is 19.8 Å². The molecule has 0 aromatic carbocycles. The third kappa shape index (κ3) is 2.46. The first-order chi connectivity index (χ1) is 5.20. The molecule has 0 unspecified atom stereocenters. The molecule has 0 atom stereocenters. The van der Waals surface area contributed by atoms with Gasteiger partial charge in [-0.15, -0.1) is 0 Å². The van der Waals surface area contributed by atoms with Gasteiger partial charge in [-0.2, -0.15) is 0 Å². The Morgan fingerprint density at radius 2 is 2.27 bits per heavy atom. The fourth-order valence-corrected chi connectivity index (χ4v) is 1.10. The molecule has 0 saturated carbocycles. The molecule has 0 aromatic rings. The van der Waals surface area contributed by atoms with Crippen LogP contribution in [-0.4, -0.2) is 18.9 Å². The zero-order valence-electron chi connectivity index (χ0n) is 7.02. The first-order valence-corrected chi connectivity index (χ1v) is 4.09. The quantitative estimate of drug-likeness (QED) is 0.613. The number of nitrogens with one attached hydrogen (secondary N) is 1. The van der Waals surface area contributed by atoms with E-state index in [4.69, 9.17) is 0 Å². The van der Waals surface area contributed by atoms with Crippen LogP contribution in [0.25, 0.3) is 0 Å². The van der Waals surface area contributed by atoms with Gasteiger partial charge in [0.2, 0.25) is 0 Å². The Labute approximate surface area is 67.7 Å². The molecule has 62 valence electrons. The van der Waals surface area contributed by atoms with Crippen molar-refractivity contribution in [2.24, 2.45) is 5.92 Å². The van der Waals surface area contributed by atoms with Crippen LogP contribution in [0.2, 0.25) is 0 Å². The molecule has 2 heteroatoms. The van der Waals surface area contributed by atoms with Crippen molar-refractivity contribution in [1.82, 2.24) is 5.32 Å². The number of allylic oxidation sites excluding steroid dienone is 1. The molecule has 1 aliphatic rings. The molecular weight excluding hydrogens is 138 g/mol. The number of rotatable bonds is 4. The summed E-state index contributed by atoms with van der Waals surface area (Å²) in [7, 11) is 0. The highest BCUT2D eigenvalue weighted by atomic mass is 16.1. The van der Waals surface area contributed by atoms with Crippen molar-refractivity contribution in [2.75, 3.05) is 13.1 Å². The van der Waals surface area contributed by atoms with Crippen LogP contribution in [0.1, 0.15) is 19.8 Å². The van der Waals surface area contributed by atoms with Crippen molar-refractivity contribution in [3.05, 3.63) is 12.2 Å². The normalized spacial score (nSPS) is 17.5. The van der Waals surface area contributed by atoms with Crippen molar-refractivity contribution in [3.63, 3.8) is 0 Å². The summed E-state index contributed by atoms with van der Waals surface area (Å²) in [4.78, 5) is 11.1. The lowest BCUT2D eigenvalue weighted by Crippen LogP contribution is -2.42. The second kappa shape index (κ2) is 3.67. The lowest BCUT2D eigenvalue weighted by Gasteiger charge is -2.26. The van der Waals surface area contributed by atoms with Gasteiger partial charge in [0, 0.05) is 6.42 Å². The molecule has 1 fully saturated rings. The second-order valence-corrected chi connectivity index (χ2v) is 3.27. The number of hydrogen-bond acceptors (Lipinski definition) is 2. The Kier molecular flexibility index (Phi) is 2.83. The second-order valence-electron chi connectivity index (χ2n) is 3.27. The van der Waals surface area contributed by atoms with Crippen LogP contribution >= 0.6 is 0 Å². The van der Waals surface area contributed by atoms with Crippen LogP contribution < -0.4 is 5.32 Å². The van der Waals surface area contributed by atoms with Crippen LogP contribution in [0.15, 0.2) is 12.2 Å². The monoisotopic (exact) mass is 153 g/mol. The van der Waals surface area contributed by atoms with Crippen molar-refractivity contribution in [1.29, 1.82) is 0 Å². The van der Waals surface area contributed by atoms with Crippen molar-refractivity contribution >= 4 is 5.78 Å². The largest absolute Gasteiger partial charge is 0.316 e. The molecule has 0 radical (unpaired) electrons. The summed E-state index contributed by atoms with van der Waals surface area (Å²) in [5.41, 5.74) is 0.692. The average molecular weight is 153 g/mol. The molecule has 0 aliphatic carbocycles. The fraction of sp³-hybridized carbons (Fsp3) is 0.667. The molecule has 11 heavy (non-hydrogen) atoms. The SMILES string of the molecule is C=C(C)C(=O)CCC1CNC1. The van der Waals surface area contributed by atoms with E-state index in [0.29, 0.717) is 12.0 Å². The van der Waals surface area contributed by atoms with Gasteiger partial charge in [0.05, 0.1) is 0 Å². The van der Waals surface area contributed by atoms with Gasteiger partial charge in [-0.05, 0) is 37.9 Å². The van der Waals surface area contributed by atoms with Gasteiger partial charge >= 0.3 is 0 Å². The van der Waals surface area contributed by atoms with Gasteiger partial charge in [0.1, 0.15) is 0 Å². The number of Topliss-reactive ketones (excluding diaryl/α,β-unsaturated/α-hetero) is 1. The third-order valence-electron chi connectivity index (χ3n) is 2.12. The minimum Gasteiger partial charge on any atom is -0.316 e. The van der Waals surface area contributed by atoms with Crippen LogP contribution in [0.3, 0.4) is 0 Å². The maximum Gasteiger partial charge on any atom is 0.157 e. The maximum absolute atomic E-state index is 11.1. The zero-order valence-corrected chi connectivity index (χ0v) is 7.02. The summed E-state index contributed by atoms with van der Waals surface area (Å²) in [5.74, 6) is 0.954. The van der Waals surface area contributed by atoms with E-state index >= 15 is 0 Å². The average Bonchev–Trinajstić information content (AvgIpc) is 1.83. The fourth-order valence-electron chi connectivity index (χ4n) is 1.10.